The highest BCUT2D eigenvalue weighted by atomic mass is 14.9. The van der Waals surface area contributed by atoms with Crippen LogP contribution in [0.1, 0.15) is 24.1 Å². The van der Waals surface area contributed by atoms with Crippen molar-refractivity contribution < 1.29 is 0 Å². The fourth-order valence-corrected chi connectivity index (χ4v) is 2.25. The van der Waals surface area contributed by atoms with Crippen molar-refractivity contribution in [2.75, 3.05) is 0 Å². The zero-order valence-corrected chi connectivity index (χ0v) is 11.0. The minimum atomic E-state index is 0.793. The van der Waals surface area contributed by atoms with Gasteiger partial charge in [0.2, 0.25) is 0 Å². The van der Waals surface area contributed by atoms with E-state index < -0.39 is 0 Å². The molecule has 0 N–H and O–H groups in total. The lowest BCUT2D eigenvalue weighted by atomic mass is 10.0. The summed E-state index contributed by atoms with van der Waals surface area (Å²) in [5.41, 5.74) is 4.50. The number of rotatable bonds is 2. The molecular formula is C17H16N2. The van der Waals surface area contributed by atoms with Crippen LogP contribution in [0.2, 0.25) is 0 Å². The molecule has 2 aromatic rings. The summed E-state index contributed by atoms with van der Waals surface area (Å²) in [5, 5.41) is 0. The first kappa shape index (κ1) is 11.8. The summed E-state index contributed by atoms with van der Waals surface area (Å²) in [6, 6.07) is 10.3. The van der Waals surface area contributed by atoms with Crippen LogP contribution in [0.5, 0.6) is 0 Å². The molecule has 0 atom stereocenters. The summed E-state index contributed by atoms with van der Waals surface area (Å²) in [5.74, 6) is 0.793. The smallest absolute Gasteiger partial charge is 0.159 e. The van der Waals surface area contributed by atoms with Crippen LogP contribution in [0.15, 0.2) is 54.8 Å². The molecule has 3 rings (SSSR count). The van der Waals surface area contributed by atoms with Gasteiger partial charge in [0, 0.05) is 11.8 Å². The normalized spacial score (nSPS) is 14.3. The van der Waals surface area contributed by atoms with Crippen LogP contribution in [0, 0.1) is 6.92 Å². The average Bonchev–Trinajstić information content (AvgIpc) is 2.48. The van der Waals surface area contributed by atoms with E-state index in [1.54, 1.807) is 0 Å². The molecule has 94 valence electrons. The van der Waals surface area contributed by atoms with Gasteiger partial charge in [0.15, 0.2) is 5.82 Å². The minimum absolute atomic E-state index is 0.793. The van der Waals surface area contributed by atoms with Crippen molar-refractivity contribution in [1.82, 2.24) is 9.97 Å². The van der Waals surface area contributed by atoms with Crippen LogP contribution in [-0.4, -0.2) is 9.97 Å². The molecule has 1 aromatic heterocycles. The molecule has 1 aliphatic carbocycles. The van der Waals surface area contributed by atoms with E-state index in [1.807, 2.05) is 18.3 Å². The van der Waals surface area contributed by atoms with Gasteiger partial charge in [-0.25, -0.2) is 9.97 Å². The Kier molecular flexibility index (Phi) is 3.23. The van der Waals surface area contributed by atoms with Gasteiger partial charge in [0.25, 0.3) is 0 Å². The molecule has 2 heteroatoms. The summed E-state index contributed by atoms with van der Waals surface area (Å²) in [7, 11) is 0. The van der Waals surface area contributed by atoms with Crippen molar-refractivity contribution in [2.24, 2.45) is 0 Å². The molecule has 1 aromatic carbocycles. The summed E-state index contributed by atoms with van der Waals surface area (Å²) in [6.45, 7) is 2.08. The Labute approximate surface area is 113 Å². The monoisotopic (exact) mass is 248 g/mol. The standard InChI is InChI=1S/C17H16N2/c1-13-6-5-9-15(12-13)17-18-11-10-16(19-17)14-7-3-2-4-8-14/h3,5-12H,2,4H2,1H3. The lowest BCUT2D eigenvalue weighted by Crippen LogP contribution is -1.95. The van der Waals surface area contributed by atoms with Crippen molar-refractivity contribution in [3.05, 3.63) is 66.0 Å². The van der Waals surface area contributed by atoms with E-state index in [0.29, 0.717) is 0 Å². The fourth-order valence-electron chi connectivity index (χ4n) is 2.25. The van der Waals surface area contributed by atoms with E-state index in [2.05, 4.69) is 53.3 Å². The predicted molar refractivity (Wildman–Crippen MR) is 78.6 cm³/mol. The van der Waals surface area contributed by atoms with Crippen LogP contribution in [0.25, 0.3) is 17.0 Å². The lowest BCUT2D eigenvalue weighted by Gasteiger charge is -2.08. The van der Waals surface area contributed by atoms with E-state index in [1.165, 1.54) is 11.1 Å². The third kappa shape index (κ3) is 2.63. The second kappa shape index (κ2) is 5.19. The largest absolute Gasteiger partial charge is 0.237 e. The molecule has 0 fully saturated rings. The third-order valence-corrected chi connectivity index (χ3v) is 3.22. The zero-order valence-electron chi connectivity index (χ0n) is 11.0. The topological polar surface area (TPSA) is 25.8 Å². The number of nitrogens with zero attached hydrogens (tertiary/aromatic N) is 2. The Morgan fingerprint density at radius 3 is 2.84 bits per heavy atom. The van der Waals surface area contributed by atoms with Gasteiger partial charge in [-0.3, -0.25) is 0 Å². The maximum absolute atomic E-state index is 4.68. The molecule has 0 spiro atoms. The van der Waals surface area contributed by atoms with E-state index in [0.717, 1.165) is 29.9 Å². The van der Waals surface area contributed by atoms with Gasteiger partial charge >= 0.3 is 0 Å². The Morgan fingerprint density at radius 2 is 2.05 bits per heavy atom. The second-order valence-corrected chi connectivity index (χ2v) is 4.77. The molecule has 0 saturated heterocycles. The van der Waals surface area contributed by atoms with E-state index in [9.17, 15) is 0 Å². The van der Waals surface area contributed by atoms with Gasteiger partial charge in [-0.05, 0) is 37.5 Å². The first-order chi connectivity index (χ1) is 9.33. The maximum atomic E-state index is 4.68. The summed E-state index contributed by atoms with van der Waals surface area (Å²) in [4.78, 5) is 9.06. The van der Waals surface area contributed by atoms with Gasteiger partial charge in [-0.15, -0.1) is 0 Å². The van der Waals surface area contributed by atoms with E-state index in [4.69, 9.17) is 0 Å². The van der Waals surface area contributed by atoms with E-state index in [-0.39, 0.29) is 0 Å². The first-order valence-electron chi connectivity index (χ1n) is 6.60. The van der Waals surface area contributed by atoms with Crippen LogP contribution >= 0.6 is 0 Å². The van der Waals surface area contributed by atoms with Gasteiger partial charge < -0.3 is 0 Å². The van der Waals surface area contributed by atoms with Crippen molar-refractivity contribution in [1.29, 1.82) is 0 Å². The Balaban J connectivity index is 2.00. The number of allylic oxidation sites excluding steroid dienone is 4. The molecule has 0 amide bonds. The molecule has 0 unspecified atom stereocenters. The lowest BCUT2D eigenvalue weighted by molar-refractivity contribution is 1.03. The van der Waals surface area contributed by atoms with E-state index >= 15 is 0 Å². The molecule has 0 aliphatic heterocycles. The zero-order chi connectivity index (χ0) is 13.1. The molecule has 2 nitrogen and oxygen atoms in total. The van der Waals surface area contributed by atoms with Crippen molar-refractivity contribution in [3.63, 3.8) is 0 Å². The number of aromatic nitrogens is 2. The number of aryl methyl sites for hydroxylation is 1. The van der Waals surface area contributed by atoms with Gasteiger partial charge in [-0.2, -0.15) is 0 Å². The SMILES string of the molecule is Cc1cccc(-c2nccc(C3=CCCC=C3)n2)c1. The van der Waals surface area contributed by atoms with Crippen LogP contribution in [-0.2, 0) is 0 Å². The van der Waals surface area contributed by atoms with Crippen LogP contribution in [0.3, 0.4) is 0 Å². The molecule has 1 heterocycles. The minimum Gasteiger partial charge on any atom is -0.237 e. The number of hydrogen-bond acceptors (Lipinski definition) is 2. The highest BCUT2D eigenvalue weighted by Gasteiger charge is 2.06. The highest BCUT2D eigenvalue weighted by molar-refractivity contribution is 5.73. The van der Waals surface area contributed by atoms with Crippen LogP contribution < -0.4 is 0 Å². The predicted octanol–water partition coefficient (Wildman–Crippen LogP) is 4.19. The molecule has 0 radical (unpaired) electrons. The van der Waals surface area contributed by atoms with Crippen molar-refractivity contribution >= 4 is 5.57 Å². The average molecular weight is 248 g/mol. The fraction of sp³-hybridized carbons (Fsp3) is 0.176. The third-order valence-electron chi connectivity index (χ3n) is 3.22. The van der Waals surface area contributed by atoms with Gasteiger partial charge in [0.05, 0.1) is 5.69 Å². The molecule has 1 aliphatic rings. The molecule has 0 bridgehead atoms. The number of benzene rings is 1. The quantitative estimate of drug-likeness (QED) is 0.796. The van der Waals surface area contributed by atoms with Crippen molar-refractivity contribution in [3.8, 4) is 11.4 Å². The molecule has 19 heavy (non-hydrogen) atoms. The second-order valence-electron chi connectivity index (χ2n) is 4.77. The summed E-state index contributed by atoms with van der Waals surface area (Å²) < 4.78 is 0. The summed E-state index contributed by atoms with van der Waals surface area (Å²) >= 11 is 0. The maximum Gasteiger partial charge on any atom is 0.159 e. The molecular weight excluding hydrogens is 232 g/mol. The first-order valence-corrected chi connectivity index (χ1v) is 6.60. The van der Waals surface area contributed by atoms with Crippen molar-refractivity contribution in [2.45, 2.75) is 19.8 Å². The Morgan fingerprint density at radius 1 is 1.11 bits per heavy atom. The number of hydrogen-bond donors (Lipinski definition) is 0. The Hall–Kier alpha value is -2.22. The van der Waals surface area contributed by atoms with Gasteiger partial charge in [-0.1, -0.05) is 42.0 Å². The highest BCUT2D eigenvalue weighted by Crippen LogP contribution is 2.22. The Bertz CT molecular complexity index is 654. The summed E-state index contributed by atoms with van der Waals surface area (Å²) in [6.07, 6.45) is 10.6. The van der Waals surface area contributed by atoms with Gasteiger partial charge in [0.1, 0.15) is 0 Å². The van der Waals surface area contributed by atoms with Crippen LogP contribution in [0.4, 0.5) is 0 Å². The molecule has 0 saturated carbocycles.